The van der Waals surface area contributed by atoms with E-state index in [1.54, 1.807) is 12.1 Å². The highest BCUT2D eigenvalue weighted by Gasteiger charge is 2.38. The van der Waals surface area contributed by atoms with Gasteiger partial charge in [0.1, 0.15) is 30.1 Å². The summed E-state index contributed by atoms with van der Waals surface area (Å²) in [5.74, 6) is -1.49. The summed E-state index contributed by atoms with van der Waals surface area (Å²) in [6.45, 7) is 3.67. The van der Waals surface area contributed by atoms with Gasteiger partial charge in [-0.2, -0.15) is 0 Å². The van der Waals surface area contributed by atoms with E-state index in [0.29, 0.717) is 5.75 Å². The third-order valence-electron chi connectivity index (χ3n) is 5.44. The van der Waals surface area contributed by atoms with Crippen molar-refractivity contribution in [2.75, 3.05) is 13.2 Å². The van der Waals surface area contributed by atoms with Gasteiger partial charge in [-0.3, -0.25) is 19.7 Å². The fourth-order valence-electron chi connectivity index (χ4n) is 3.91. The fourth-order valence-corrected chi connectivity index (χ4v) is 3.91. The molecule has 0 saturated heterocycles. The number of hydrogen-bond acceptors (Lipinski definition) is 7. The predicted octanol–water partition coefficient (Wildman–Crippen LogP) is 4.22. The fraction of sp³-hybridized carbons (Fsp3) is 0.160. The van der Waals surface area contributed by atoms with Crippen LogP contribution < -0.4 is 4.74 Å². The van der Waals surface area contributed by atoms with Crippen LogP contribution in [0.25, 0.3) is 0 Å². The molecule has 0 saturated carbocycles. The van der Waals surface area contributed by atoms with Gasteiger partial charge in [-0.25, -0.2) is 4.79 Å². The van der Waals surface area contributed by atoms with Gasteiger partial charge in [0, 0.05) is 16.7 Å². The van der Waals surface area contributed by atoms with Gasteiger partial charge in [-0.1, -0.05) is 42.5 Å². The van der Waals surface area contributed by atoms with Crippen LogP contribution in [0, 0.1) is 24.0 Å². The molecule has 0 amide bonds. The predicted molar refractivity (Wildman–Crippen MR) is 118 cm³/mol. The lowest BCUT2D eigenvalue weighted by Crippen LogP contribution is -2.24. The van der Waals surface area contributed by atoms with Crippen LogP contribution in [0.15, 0.2) is 54.6 Å². The van der Waals surface area contributed by atoms with Crippen molar-refractivity contribution >= 4 is 23.2 Å². The number of ether oxygens (including phenoxy) is 2. The molecule has 0 fully saturated rings. The number of carbonyl (C=O) groups excluding carboxylic acids is 3. The molecule has 0 unspecified atom stereocenters. The van der Waals surface area contributed by atoms with E-state index in [9.17, 15) is 24.5 Å². The minimum absolute atomic E-state index is 0.0426. The Bertz CT molecular complexity index is 1310. The third-order valence-corrected chi connectivity index (χ3v) is 5.44. The zero-order valence-corrected chi connectivity index (χ0v) is 17.9. The van der Waals surface area contributed by atoms with Crippen LogP contribution in [0.1, 0.15) is 53.3 Å². The topological polar surface area (TPSA) is 113 Å². The molecule has 0 spiro atoms. The van der Waals surface area contributed by atoms with E-state index >= 15 is 0 Å². The minimum atomic E-state index is -0.978. The Balaban J connectivity index is 1.58. The number of carbonyl (C=O) groups is 3. The van der Waals surface area contributed by atoms with Crippen LogP contribution in [0.4, 0.5) is 5.69 Å². The number of nitro groups is 1. The Morgan fingerprint density at radius 3 is 2.12 bits per heavy atom. The van der Waals surface area contributed by atoms with Crippen molar-refractivity contribution in [1.82, 2.24) is 0 Å². The molecule has 0 aliphatic heterocycles. The summed E-state index contributed by atoms with van der Waals surface area (Å²) in [4.78, 5) is 49.5. The summed E-state index contributed by atoms with van der Waals surface area (Å²) in [7, 11) is 0. The number of nitrogens with zero attached hydrogens (tertiary/aromatic N) is 1. The minimum Gasteiger partial charge on any atom is -0.489 e. The first-order chi connectivity index (χ1) is 15.8. The number of ketones is 2. The van der Waals surface area contributed by atoms with Crippen LogP contribution in [0.2, 0.25) is 0 Å². The van der Waals surface area contributed by atoms with Crippen molar-refractivity contribution in [3.8, 4) is 5.75 Å². The second-order valence-corrected chi connectivity index (χ2v) is 7.55. The zero-order valence-electron chi connectivity index (χ0n) is 17.9. The first kappa shape index (κ1) is 21.9. The number of aryl methyl sites for hydroxylation is 2. The average molecular weight is 445 g/mol. The zero-order chi connectivity index (χ0) is 23.7. The standard InChI is InChI=1S/C25H19NO7/c1-14-6-5-7-15(2)24(14)32-12-13-33-25(29)19-11-10-18-20(21(19)26(30)31)23(28)17-9-4-3-8-16(17)22(18)27/h3-11H,12-13H2,1-2H3. The quantitative estimate of drug-likeness (QED) is 0.189. The van der Waals surface area contributed by atoms with Gasteiger partial charge >= 0.3 is 5.97 Å². The lowest BCUT2D eigenvalue weighted by atomic mass is 9.82. The number of benzene rings is 3. The van der Waals surface area contributed by atoms with Crippen LogP contribution in [-0.2, 0) is 4.74 Å². The SMILES string of the molecule is Cc1cccc(C)c1OCCOC(=O)c1ccc2c(c1[N+](=O)[O-])C(=O)c1ccccc1C2=O. The molecule has 33 heavy (non-hydrogen) atoms. The summed E-state index contributed by atoms with van der Waals surface area (Å²) >= 11 is 0. The van der Waals surface area contributed by atoms with E-state index in [2.05, 4.69) is 0 Å². The van der Waals surface area contributed by atoms with Crippen LogP contribution >= 0.6 is 0 Å². The molecule has 8 nitrogen and oxygen atoms in total. The maximum Gasteiger partial charge on any atom is 0.345 e. The van der Waals surface area contributed by atoms with E-state index in [1.807, 2.05) is 32.0 Å². The van der Waals surface area contributed by atoms with Gasteiger partial charge < -0.3 is 9.47 Å². The second kappa shape index (κ2) is 8.66. The number of fused-ring (bicyclic) bond motifs is 2. The van der Waals surface area contributed by atoms with E-state index in [-0.39, 0.29) is 29.9 Å². The lowest BCUT2D eigenvalue weighted by molar-refractivity contribution is -0.385. The molecule has 1 aliphatic rings. The van der Waals surface area contributed by atoms with Crippen molar-refractivity contribution in [2.45, 2.75) is 13.8 Å². The van der Waals surface area contributed by atoms with E-state index in [1.165, 1.54) is 18.2 Å². The number of hydrogen-bond donors (Lipinski definition) is 0. The Labute approximate surface area is 188 Å². The Kier molecular flexibility index (Phi) is 5.74. The van der Waals surface area contributed by atoms with Crippen LogP contribution in [0.5, 0.6) is 5.75 Å². The highest BCUT2D eigenvalue weighted by atomic mass is 16.6. The molecule has 8 heteroatoms. The molecule has 1 aliphatic carbocycles. The Hall–Kier alpha value is -4.33. The maximum atomic E-state index is 13.0. The molecular weight excluding hydrogens is 426 g/mol. The summed E-state index contributed by atoms with van der Waals surface area (Å²) in [6, 6.07) is 14.2. The van der Waals surface area contributed by atoms with Gasteiger partial charge in [-0.05, 0) is 37.1 Å². The molecule has 3 aromatic rings. The molecule has 0 bridgehead atoms. The Morgan fingerprint density at radius 2 is 1.48 bits per heavy atom. The smallest absolute Gasteiger partial charge is 0.345 e. The first-order valence-electron chi connectivity index (χ1n) is 10.2. The molecule has 0 radical (unpaired) electrons. The van der Waals surface area contributed by atoms with Gasteiger partial charge in [0.25, 0.3) is 5.69 Å². The summed E-state index contributed by atoms with van der Waals surface area (Å²) < 4.78 is 10.9. The summed E-state index contributed by atoms with van der Waals surface area (Å²) in [5, 5.41) is 11.9. The highest BCUT2D eigenvalue weighted by Crippen LogP contribution is 2.35. The molecule has 166 valence electrons. The van der Waals surface area contributed by atoms with Crippen molar-refractivity contribution in [3.05, 3.63) is 104 Å². The third kappa shape index (κ3) is 3.87. The largest absolute Gasteiger partial charge is 0.489 e. The second-order valence-electron chi connectivity index (χ2n) is 7.55. The summed E-state index contributed by atoms with van der Waals surface area (Å²) in [6.07, 6.45) is 0. The number of nitro benzene ring substituents is 1. The summed E-state index contributed by atoms with van der Waals surface area (Å²) in [5.41, 5.74) is 0.441. The van der Waals surface area contributed by atoms with Gasteiger partial charge in [0.2, 0.25) is 5.78 Å². The maximum absolute atomic E-state index is 13.0. The van der Waals surface area contributed by atoms with Crippen molar-refractivity contribution in [2.24, 2.45) is 0 Å². The van der Waals surface area contributed by atoms with Gasteiger partial charge in [0.15, 0.2) is 5.78 Å². The van der Waals surface area contributed by atoms with Gasteiger partial charge in [0.05, 0.1) is 4.92 Å². The molecule has 0 heterocycles. The van der Waals surface area contributed by atoms with E-state index in [4.69, 9.17) is 9.47 Å². The monoisotopic (exact) mass is 445 g/mol. The van der Waals surface area contributed by atoms with E-state index < -0.39 is 39.3 Å². The van der Waals surface area contributed by atoms with Crippen LogP contribution in [0.3, 0.4) is 0 Å². The number of para-hydroxylation sites is 1. The van der Waals surface area contributed by atoms with Crippen molar-refractivity contribution < 1.29 is 28.8 Å². The van der Waals surface area contributed by atoms with Crippen molar-refractivity contribution in [3.63, 3.8) is 0 Å². The van der Waals surface area contributed by atoms with Gasteiger partial charge in [-0.15, -0.1) is 0 Å². The molecule has 0 N–H and O–H groups in total. The molecule has 4 rings (SSSR count). The van der Waals surface area contributed by atoms with Crippen LogP contribution in [-0.4, -0.2) is 35.7 Å². The van der Waals surface area contributed by atoms with Crippen molar-refractivity contribution in [1.29, 1.82) is 0 Å². The Morgan fingerprint density at radius 1 is 0.848 bits per heavy atom. The lowest BCUT2D eigenvalue weighted by Gasteiger charge is -2.18. The molecular formula is C25H19NO7. The first-order valence-corrected chi connectivity index (χ1v) is 10.2. The molecule has 0 atom stereocenters. The molecule has 3 aromatic carbocycles. The average Bonchev–Trinajstić information content (AvgIpc) is 2.80. The van der Waals surface area contributed by atoms with E-state index in [0.717, 1.165) is 17.2 Å². The number of esters is 1. The number of rotatable bonds is 6. The highest BCUT2D eigenvalue weighted by molar-refractivity contribution is 6.30. The molecule has 0 aromatic heterocycles. The normalized spacial score (nSPS) is 12.1.